The van der Waals surface area contributed by atoms with Gasteiger partial charge in [-0.05, 0) is 30.0 Å². The fourth-order valence-electron chi connectivity index (χ4n) is 1.34. The van der Waals surface area contributed by atoms with Gasteiger partial charge in [-0.3, -0.25) is 0 Å². The van der Waals surface area contributed by atoms with Crippen molar-refractivity contribution < 1.29 is 5.11 Å². The van der Waals surface area contributed by atoms with Gasteiger partial charge in [0.25, 0.3) is 0 Å². The number of hydrogen-bond acceptors (Lipinski definition) is 1. The van der Waals surface area contributed by atoms with Crippen LogP contribution in [0.2, 0.25) is 0 Å². The second kappa shape index (κ2) is 4.27. The van der Waals surface area contributed by atoms with Crippen molar-refractivity contribution in [3.63, 3.8) is 0 Å². The van der Waals surface area contributed by atoms with Crippen molar-refractivity contribution in [2.24, 2.45) is 0 Å². The summed E-state index contributed by atoms with van der Waals surface area (Å²) in [4.78, 5) is 0. The Bertz CT molecular complexity index is 253. The zero-order valence-electron chi connectivity index (χ0n) is 7.80. The normalized spacial score (nSPS) is 10.2. The zero-order valence-corrected chi connectivity index (χ0v) is 7.80. The van der Waals surface area contributed by atoms with E-state index in [1.165, 1.54) is 11.1 Å². The summed E-state index contributed by atoms with van der Waals surface area (Å²) in [7, 11) is 0. The maximum absolute atomic E-state index is 9.01. The molecule has 66 valence electrons. The molecule has 1 N–H and O–H groups in total. The fraction of sp³-hybridized carbons (Fsp3) is 0.455. The molecule has 1 nitrogen and oxygen atoms in total. The van der Waals surface area contributed by atoms with Crippen molar-refractivity contribution in [3.8, 4) is 0 Å². The van der Waals surface area contributed by atoms with Crippen LogP contribution >= 0.6 is 0 Å². The number of aryl methyl sites for hydroxylation is 2. The smallest absolute Gasteiger partial charge is 0.0684 e. The third-order valence-corrected chi connectivity index (χ3v) is 2.12. The van der Waals surface area contributed by atoms with Crippen LogP contribution in [0.15, 0.2) is 18.2 Å². The third kappa shape index (κ3) is 2.08. The highest BCUT2D eigenvalue weighted by Gasteiger charge is 1.97. The molecule has 12 heavy (non-hydrogen) atoms. The highest BCUT2D eigenvalue weighted by molar-refractivity contribution is 5.30. The number of rotatable bonds is 3. The molecule has 0 fully saturated rings. The van der Waals surface area contributed by atoms with Gasteiger partial charge in [-0.2, -0.15) is 0 Å². The molecule has 1 heteroatoms. The van der Waals surface area contributed by atoms with Crippen LogP contribution in [0.1, 0.15) is 30.0 Å². The molecule has 0 radical (unpaired) electrons. The molecule has 0 unspecified atom stereocenters. The first kappa shape index (κ1) is 9.27. The minimum atomic E-state index is 0.156. The molecule has 0 bridgehead atoms. The standard InChI is InChI=1S/C11H16O/c1-3-4-10-6-5-9(2)11(7-10)8-12/h5-7,12H,3-4,8H2,1-2H3. The maximum atomic E-state index is 9.01. The van der Waals surface area contributed by atoms with Gasteiger partial charge in [0.05, 0.1) is 6.61 Å². The van der Waals surface area contributed by atoms with Gasteiger partial charge < -0.3 is 5.11 Å². The monoisotopic (exact) mass is 164 g/mol. The fourth-order valence-corrected chi connectivity index (χ4v) is 1.34. The molecule has 1 rings (SSSR count). The number of aliphatic hydroxyl groups is 1. The molecular weight excluding hydrogens is 148 g/mol. The molecule has 0 aliphatic heterocycles. The predicted molar refractivity (Wildman–Crippen MR) is 51.1 cm³/mol. The van der Waals surface area contributed by atoms with E-state index in [0.29, 0.717) is 0 Å². The van der Waals surface area contributed by atoms with Crippen LogP contribution in [0.4, 0.5) is 0 Å². The van der Waals surface area contributed by atoms with Gasteiger partial charge in [0.2, 0.25) is 0 Å². The van der Waals surface area contributed by atoms with E-state index in [1.54, 1.807) is 0 Å². The lowest BCUT2D eigenvalue weighted by Crippen LogP contribution is -1.91. The van der Waals surface area contributed by atoms with E-state index in [2.05, 4.69) is 25.1 Å². The predicted octanol–water partition coefficient (Wildman–Crippen LogP) is 2.44. The third-order valence-electron chi connectivity index (χ3n) is 2.12. The molecule has 0 saturated heterocycles. The van der Waals surface area contributed by atoms with Gasteiger partial charge in [0.15, 0.2) is 0 Å². The molecule has 1 aromatic carbocycles. The minimum absolute atomic E-state index is 0.156. The lowest BCUT2D eigenvalue weighted by molar-refractivity contribution is 0.281. The number of aliphatic hydroxyl groups excluding tert-OH is 1. The van der Waals surface area contributed by atoms with E-state index in [1.807, 2.05) is 6.92 Å². The van der Waals surface area contributed by atoms with Gasteiger partial charge in [0.1, 0.15) is 0 Å². The van der Waals surface area contributed by atoms with E-state index in [9.17, 15) is 0 Å². The topological polar surface area (TPSA) is 20.2 Å². The largest absolute Gasteiger partial charge is 0.392 e. The van der Waals surface area contributed by atoms with Crippen LogP contribution in [0.25, 0.3) is 0 Å². The Morgan fingerprint density at radius 3 is 2.67 bits per heavy atom. The molecule has 0 amide bonds. The molecule has 0 heterocycles. The first-order valence-corrected chi connectivity index (χ1v) is 4.47. The van der Waals surface area contributed by atoms with Crippen LogP contribution in [0.5, 0.6) is 0 Å². The van der Waals surface area contributed by atoms with Gasteiger partial charge in [-0.25, -0.2) is 0 Å². The van der Waals surface area contributed by atoms with Crippen molar-refractivity contribution in [1.82, 2.24) is 0 Å². The second-order valence-electron chi connectivity index (χ2n) is 3.17. The summed E-state index contributed by atoms with van der Waals surface area (Å²) in [5, 5.41) is 9.01. The Labute approximate surface area is 74.1 Å². The Kier molecular flexibility index (Phi) is 3.30. The molecule has 0 aromatic heterocycles. The second-order valence-corrected chi connectivity index (χ2v) is 3.17. The molecule has 0 saturated carbocycles. The number of hydrogen-bond donors (Lipinski definition) is 1. The summed E-state index contributed by atoms with van der Waals surface area (Å²) in [5.74, 6) is 0. The molecule has 0 spiro atoms. The van der Waals surface area contributed by atoms with E-state index in [4.69, 9.17) is 5.11 Å². The summed E-state index contributed by atoms with van der Waals surface area (Å²) in [6.07, 6.45) is 2.27. The molecule has 0 aliphatic rings. The van der Waals surface area contributed by atoms with Crippen LogP contribution in [0, 0.1) is 6.92 Å². The Hall–Kier alpha value is -0.820. The quantitative estimate of drug-likeness (QED) is 0.727. The maximum Gasteiger partial charge on any atom is 0.0684 e. The van der Waals surface area contributed by atoms with Gasteiger partial charge >= 0.3 is 0 Å². The van der Waals surface area contributed by atoms with Crippen LogP contribution in [0.3, 0.4) is 0 Å². The van der Waals surface area contributed by atoms with Crippen molar-refractivity contribution >= 4 is 0 Å². The summed E-state index contributed by atoms with van der Waals surface area (Å²) in [6, 6.07) is 6.31. The Morgan fingerprint density at radius 2 is 2.08 bits per heavy atom. The van der Waals surface area contributed by atoms with Crippen LogP contribution in [-0.2, 0) is 13.0 Å². The van der Waals surface area contributed by atoms with Gasteiger partial charge in [0, 0.05) is 0 Å². The SMILES string of the molecule is CCCc1ccc(C)c(CO)c1. The first-order chi connectivity index (χ1) is 5.77. The van der Waals surface area contributed by atoms with Crippen molar-refractivity contribution in [2.75, 3.05) is 0 Å². The van der Waals surface area contributed by atoms with E-state index in [-0.39, 0.29) is 6.61 Å². The van der Waals surface area contributed by atoms with Crippen LogP contribution < -0.4 is 0 Å². The van der Waals surface area contributed by atoms with Crippen molar-refractivity contribution in [1.29, 1.82) is 0 Å². The first-order valence-electron chi connectivity index (χ1n) is 4.47. The molecular formula is C11H16O. The highest BCUT2D eigenvalue weighted by atomic mass is 16.3. The lowest BCUT2D eigenvalue weighted by atomic mass is 10.0. The average Bonchev–Trinajstić information content (AvgIpc) is 2.09. The average molecular weight is 164 g/mol. The zero-order chi connectivity index (χ0) is 8.97. The van der Waals surface area contributed by atoms with E-state index in [0.717, 1.165) is 18.4 Å². The molecule has 0 aliphatic carbocycles. The number of benzene rings is 1. The summed E-state index contributed by atoms with van der Waals surface area (Å²) in [6.45, 7) is 4.35. The molecule has 1 aromatic rings. The molecule has 0 atom stereocenters. The van der Waals surface area contributed by atoms with Crippen molar-refractivity contribution in [2.45, 2.75) is 33.3 Å². The highest BCUT2D eigenvalue weighted by Crippen LogP contribution is 2.12. The van der Waals surface area contributed by atoms with Crippen LogP contribution in [-0.4, -0.2) is 5.11 Å². The van der Waals surface area contributed by atoms with E-state index < -0.39 is 0 Å². The summed E-state index contributed by atoms with van der Waals surface area (Å²) >= 11 is 0. The Balaban J connectivity index is 2.89. The summed E-state index contributed by atoms with van der Waals surface area (Å²) in [5.41, 5.74) is 3.56. The lowest BCUT2D eigenvalue weighted by Gasteiger charge is -2.05. The van der Waals surface area contributed by atoms with E-state index >= 15 is 0 Å². The summed E-state index contributed by atoms with van der Waals surface area (Å²) < 4.78 is 0. The van der Waals surface area contributed by atoms with Gasteiger partial charge in [-0.1, -0.05) is 31.5 Å². The van der Waals surface area contributed by atoms with Crippen molar-refractivity contribution in [3.05, 3.63) is 34.9 Å². The Morgan fingerprint density at radius 1 is 1.33 bits per heavy atom. The minimum Gasteiger partial charge on any atom is -0.392 e. The van der Waals surface area contributed by atoms with Gasteiger partial charge in [-0.15, -0.1) is 0 Å².